The van der Waals surface area contributed by atoms with Crippen LogP contribution in [-0.2, 0) is 0 Å². The van der Waals surface area contributed by atoms with E-state index in [1.54, 1.807) is 30.3 Å². The van der Waals surface area contributed by atoms with E-state index in [2.05, 4.69) is 5.32 Å². The lowest BCUT2D eigenvalue weighted by molar-refractivity contribution is 0.102. The Morgan fingerprint density at radius 1 is 1.04 bits per heavy atom. The zero-order valence-corrected chi connectivity index (χ0v) is 15.0. The zero-order valence-electron chi connectivity index (χ0n) is 14.3. The van der Waals surface area contributed by atoms with Gasteiger partial charge in [-0.2, -0.15) is 0 Å². The minimum absolute atomic E-state index is 0.0964. The van der Waals surface area contributed by atoms with Crippen molar-refractivity contribution in [2.75, 3.05) is 12.4 Å². The highest BCUT2D eigenvalue weighted by atomic mass is 35.5. The third-order valence-electron chi connectivity index (χ3n) is 4.30. The van der Waals surface area contributed by atoms with Crippen molar-refractivity contribution in [3.63, 3.8) is 0 Å². The van der Waals surface area contributed by atoms with Gasteiger partial charge in [0.2, 0.25) is 0 Å². The number of fused-ring (bicyclic) bond motifs is 3. The van der Waals surface area contributed by atoms with Crippen LogP contribution >= 0.6 is 11.6 Å². The monoisotopic (exact) mass is 379 g/mol. The highest BCUT2D eigenvalue weighted by molar-refractivity contribution is 6.31. The number of ether oxygens (including phenoxy) is 1. The molecule has 1 amide bonds. The second kappa shape index (κ2) is 6.78. The van der Waals surface area contributed by atoms with E-state index in [1.807, 2.05) is 30.3 Å². The van der Waals surface area contributed by atoms with Gasteiger partial charge in [0.15, 0.2) is 0 Å². The predicted molar refractivity (Wildman–Crippen MR) is 106 cm³/mol. The van der Waals surface area contributed by atoms with Crippen LogP contribution in [0, 0.1) is 0 Å². The summed E-state index contributed by atoms with van der Waals surface area (Å²) in [5.41, 5.74) is -0.0137. The molecular weight excluding hydrogens is 366 g/mol. The first-order valence-electron chi connectivity index (χ1n) is 8.17. The summed E-state index contributed by atoms with van der Waals surface area (Å²) in [6.07, 6.45) is 0. The Morgan fingerprint density at radius 2 is 1.85 bits per heavy atom. The first kappa shape index (κ1) is 17.1. The van der Waals surface area contributed by atoms with Crippen molar-refractivity contribution in [3.05, 3.63) is 81.7 Å². The maximum atomic E-state index is 12.7. The van der Waals surface area contributed by atoms with Gasteiger partial charge < -0.3 is 14.5 Å². The van der Waals surface area contributed by atoms with Crippen molar-refractivity contribution in [2.24, 2.45) is 0 Å². The molecule has 0 aliphatic heterocycles. The maximum absolute atomic E-state index is 12.7. The van der Waals surface area contributed by atoms with Crippen LogP contribution in [-0.4, -0.2) is 13.0 Å². The van der Waals surface area contributed by atoms with Gasteiger partial charge in [0.05, 0.1) is 12.8 Å². The normalized spacial score (nSPS) is 10.9. The number of rotatable bonds is 3. The summed E-state index contributed by atoms with van der Waals surface area (Å²) in [6, 6.07) is 17.7. The molecular formula is C21H14ClNO4. The van der Waals surface area contributed by atoms with Crippen molar-refractivity contribution in [1.82, 2.24) is 0 Å². The number of halogens is 1. The molecule has 5 nitrogen and oxygen atoms in total. The minimum Gasteiger partial charge on any atom is -0.495 e. The quantitative estimate of drug-likeness (QED) is 0.407. The van der Waals surface area contributed by atoms with Crippen LogP contribution in [0.25, 0.3) is 21.7 Å². The number of carbonyl (C=O) groups excluding carboxylic acids is 1. The molecule has 134 valence electrons. The Hall–Kier alpha value is -3.31. The molecule has 1 heterocycles. The first-order chi connectivity index (χ1) is 13.1. The molecule has 6 heteroatoms. The number of nitrogens with one attached hydrogen (secondary N) is 1. The molecule has 0 aliphatic rings. The second-order valence-corrected chi connectivity index (χ2v) is 6.38. The topological polar surface area (TPSA) is 68.5 Å². The third-order valence-corrected chi connectivity index (χ3v) is 4.53. The van der Waals surface area contributed by atoms with Gasteiger partial charge in [0, 0.05) is 10.4 Å². The molecule has 27 heavy (non-hydrogen) atoms. The van der Waals surface area contributed by atoms with Gasteiger partial charge in [-0.15, -0.1) is 0 Å². The Morgan fingerprint density at radius 3 is 2.67 bits per heavy atom. The summed E-state index contributed by atoms with van der Waals surface area (Å²) in [5.74, 6) is -0.164. The Labute approximate surface area is 159 Å². The molecule has 4 aromatic rings. The van der Waals surface area contributed by atoms with Crippen LogP contribution in [0.15, 0.2) is 69.9 Å². The van der Waals surface area contributed by atoms with E-state index in [1.165, 1.54) is 7.11 Å². The number of carbonyl (C=O) groups is 1. The van der Waals surface area contributed by atoms with Crippen molar-refractivity contribution < 1.29 is 13.9 Å². The van der Waals surface area contributed by atoms with Gasteiger partial charge in [0.25, 0.3) is 5.91 Å². The molecule has 0 spiro atoms. The lowest BCUT2D eigenvalue weighted by Crippen LogP contribution is -2.21. The Balaban J connectivity index is 1.82. The molecule has 0 aliphatic carbocycles. The highest BCUT2D eigenvalue weighted by Crippen LogP contribution is 2.29. The van der Waals surface area contributed by atoms with Gasteiger partial charge >= 0.3 is 5.63 Å². The summed E-state index contributed by atoms with van der Waals surface area (Å²) in [4.78, 5) is 25.1. The largest absolute Gasteiger partial charge is 0.495 e. The summed E-state index contributed by atoms with van der Waals surface area (Å²) < 4.78 is 10.6. The average molecular weight is 380 g/mol. The number of anilines is 1. The molecule has 0 atom stereocenters. The van der Waals surface area contributed by atoms with Crippen LogP contribution in [0.5, 0.6) is 5.75 Å². The molecule has 0 unspecified atom stereocenters. The Kier molecular flexibility index (Phi) is 4.30. The molecule has 1 aromatic heterocycles. The average Bonchev–Trinajstić information content (AvgIpc) is 2.67. The molecule has 1 N–H and O–H groups in total. The standard InChI is InChI=1S/C21H14ClNO4/c1-26-19-9-7-13(22)10-17(19)23-20(24)16-11-15-14-5-3-2-4-12(14)6-8-18(15)27-21(16)25/h2-11H,1H3,(H,23,24). The Bertz CT molecular complexity index is 1250. The molecule has 4 rings (SSSR count). The number of benzene rings is 3. The SMILES string of the molecule is COc1ccc(Cl)cc1NC(=O)c1cc2c(ccc3ccccc32)oc1=O. The van der Waals surface area contributed by atoms with E-state index in [9.17, 15) is 9.59 Å². The smallest absolute Gasteiger partial charge is 0.349 e. The van der Waals surface area contributed by atoms with Gasteiger partial charge in [-0.1, -0.05) is 41.9 Å². The van der Waals surface area contributed by atoms with Crippen LogP contribution in [0.4, 0.5) is 5.69 Å². The predicted octanol–water partition coefficient (Wildman–Crippen LogP) is 4.86. The van der Waals surface area contributed by atoms with Crippen LogP contribution in [0.2, 0.25) is 5.02 Å². The van der Waals surface area contributed by atoms with E-state index < -0.39 is 11.5 Å². The molecule has 0 saturated carbocycles. The van der Waals surface area contributed by atoms with Gasteiger partial charge in [0.1, 0.15) is 16.9 Å². The molecule has 3 aromatic carbocycles. The van der Waals surface area contributed by atoms with E-state index >= 15 is 0 Å². The van der Waals surface area contributed by atoms with Crippen LogP contribution in [0.1, 0.15) is 10.4 Å². The van der Waals surface area contributed by atoms with Crippen molar-refractivity contribution in [2.45, 2.75) is 0 Å². The van der Waals surface area contributed by atoms with Crippen molar-refractivity contribution in [1.29, 1.82) is 0 Å². The summed E-state index contributed by atoms with van der Waals surface area (Å²) >= 11 is 5.99. The van der Waals surface area contributed by atoms with Crippen LogP contribution < -0.4 is 15.7 Å². The first-order valence-corrected chi connectivity index (χ1v) is 8.55. The molecule has 0 fully saturated rings. The van der Waals surface area contributed by atoms with E-state index in [0.29, 0.717) is 27.4 Å². The number of hydrogen-bond donors (Lipinski definition) is 1. The van der Waals surface area contributed by atoms with Gasteiger partial charge in [-0.05, 0) is 41.1 Å². The zero-order chi connectivity index (χ0) is 19.0. The summed E-state index contributed by atoms with van der Waals surface area (Å²) in [7, 11) is 1.48. The van der Waals surface area contributed by atoms with Gasteiger partial charge in [-0.25, -0.2) is 4.79 Å². The molecule has 0 bridgehead atoms. The van der Waals surface area contributed by atoms with E-state index in [-0.39, 0.29) is 5.56 Å². The molecule has 0 saturated heterocycles. The third kappa shape index (κ3) is 3.13. The van der Waals surface area contributed by atoms with Crippen molar-refractivity contribution >= 4 is 44.9 Å². The van der Waals surface area contributed by atoms with E-state index in [4.69, 9.17) is 20.8 Å². The lowest BCUT2D eigenvalue weighted by atomic mass is 10.0. The number of hydrogen-bond acceptors (Lipinski definition) is 4. The number of methoxy groups -OCH3 is 1. The highest BCUT2D eigenvalue weighted by Gasteiger charge is 2.17. The number of amides is 1. The van der Waals surface area contributed by atoms with Crippen molar-refractivity contribution in [3.8, 4) is 5.75 Å². The minimum atomic E-state index is -0.712. The lowest BCUT2D eigenvalue weighted by Gasteiger charge is -2.10. The molecule has 0 radical (unpaired) electrons. The van der Waals surface area contributed by atoms with Gasteiger partial charge in [-0.3, -0.25) is 4.79 Å². The fraction of sp³-hybridized carbons (Fsp3) is 0.0476. The summed E-state index contributed by atoms with van der Waals surface area (Å²) in [5, 5.41) is 5.67. The fourth-order valence-electron chi connectivity index (χ4n) is 3.00. The van der Waals surface area contributed by atoms with Crippen LogP contribution in [0.3, 0.4) is 0 Å². The van der Waals surface area contributed by atoms with E-state index in [0.717, 1.165) is 10.8 Å². The summed E-state index contributed by atoms with van der Waals surface area (Å²) in [6.45, 7) is 0. The maximum Gasteiger partial charge on any atom is 0.349 e. The fourth-order valence-corrected chi connectivity index (χ4v) is 3.17. The second-order valence-electron chi connectivity index (χ2n) is 5.94.